The molecule has 0 fully saturated rings. The summed E-state index contributed by atoms with van der Waals surface area (Å²) < 4.78 is 4.10. The Morgan fingerprint density at radius 1 is 0.667 bits per heavy atom. The highest BCUT2D eigenvalue weighted by atomic mass is 127. The predicted molar refractivity (Wildman–Crippen MR) is 225 cm³/mol. The van der Waals surface area contributed by atoms with Crippen LogP contribution in [-0.2, 0) is 0 Å². The van der Waals surface area contributed by atoms with Gasteiger partial charge in [0.05, 0.1) is 42.3 Å². The number of hydrogen-bond acceptors (Lipinski definition) is 6. The Balaban J connectivity index is 0.000000201. The van der Waals surface area contributed by atoms with Gasteiger partial charge in [-0.2, -0.15) is 0 Å². The van der Waals surface area contributed by atoms with Gasteiger partial charge in [-0.05, 0) is 95.4 Å². The van der Waals surface area contributed by atoms with Crippen molar-refractivity contribution in [2.75, 3.05) is 11.5 Å². The van der Waals surface area contributed by atoms with Crippen molar-refractivity contribution in [2.45, 2.75) is 59.2 Å². The maximum absolute atomic E-state index is 13.4. The van der Waals surface area contributed by atoms with Crippen LogP contribution in [0.4, 0.5) is 11.4 Å². The summed E-state index contributed by atoms with van der Waals surface area (Å²) in [5.74, 6) is 4.70. The number of anilines is 2. The van der Waals surface area contributed by atoms with Gasteiger partial charge in [0.2, 0.25) is 0 Å². The molecule has 0 amide bonds. The van der Waals surface area contributed by atoms with E-state index in [4.69, 9.17) is 44.6 Å². The molecule has 2 heterocycles. The summed E-state index contributed by atoms with van der Waals surface area (Å²) in [6, 6.07) is 21.3. The Kier molecular flexibility index (Phi) is 11.4. The Morgan fingerprint density at radius 3 is 1.51 bits per heavy atom. The first-order valence-electron chi connectivity index (χ1n) is 16.4. The Labute approximate surface area is 322 Å². The third-order valence-electron chi connectivity index (χ3n) is 7.90. The fourth-order valence-corrected chi connectivity index (χ4v) is 6.71. The number of fused-ring (bicyclic) bond motifs is 2. The van der Waals surface area contributed by atoms with Gasteiger partial charge in [-0.1, -0.05) is 76.5 Å². The molecule has 0 unspecified atom stereocenters. The summed E-state index contributed by atoms with van der Waals surface area (Å²) in [6.45, 7) is 14.6. The second kappa shape index (κ2) is 15.2. The number of nitrogens with two attached hydrogens (primary N) is 2. The summed E-state index contributed by atoms with van der Waals surface area (Å²) in [5.41, 5.74) is 19.8. The fourth-order valence-electron chi connectivity index (χ4n) is 5.37. The molecule has 0 spiro atoms. The van der Waals surface area contributed by atoms with Crippen LogP contribution in [-0.4, -0.2) is 27.2 Å². The van der Waals surface area contributed by atoms with Gasteiger partial charge >= 0.3 is 0 Å². The predicted octanol–water partition coefficient (Wildman–Crippen LogP) is 9.32. The number of benzene rings is 4. The normalized spacial score (nSPS) is 11.5. The average Bonchev–Trinajstić information content (AvgIpc) is 3.06. The van der Waals surface area contributed by atoms with Crippen molar-refractivity contribution >= 4 is 87.0 Å². The molecule has 0 aliphatic heterocycles. The van der Waals surface area contributed by atoms with Crippen LogP contribution in [0.3, 0.4) is 0 Å². The molecule has 262 valence electrons. The van der Waals surface area contributed by atoms with Gasteiger partial charge in [0.15, 0.2) is 0 Å². The Morgan fingerprint density at radius 2 is 1.08 bits per heavy atom. The standard InChI is InChI=1S/C22H24ClN3OSi.C17H15ClIN3O/c1-14(2)21-25-20-17(12-13-28(3,4)5)19(24)11-10-18(20)22(27)26(21)16-8-6-15(23)7-9-16;1-9(2)16-21-15-12(7-8-13(20)14(15)19)17(23)22(16)11-5-3-10(18)4-6-11/h6-11,14H,24H2,1-5H3;3-9H,20H2,1-2H3. The van der Waals surface area contributed by atoms with Crippen LogP contribution in [0, 0.1) is 15.0 Å². The Bertz CT molecular complexity index is 2460. The molecule has 0 saturated heterocycles. The molecule has 4 aromatic carbocycles. The van der Waals surface area contributed by atoms with E-state index in [0.29, 0.717) is 60.4 Å². The highest BCUT2D eigenvalue weighted by molar-refractivity contribution is 14.1. The summed E-state index contributed by atoms with van der Waals surface area (Å²) >= 11 is 14.1. The molecule has 0 saturated carbocycles. The fraction of sp³-hybridized carbons (Fsp3) is 0.231. The van der Waals surface area contributed by atoms with Crippen LogP contribution in [0.25, 0.3) is 33.2 Å². The summed E-state index contributed by atoms with van der Waals surface area (Å²) in [4.78, 5) is 36.1. The van der Waals surface area contributed by atoms with E-state index in [9.17, 15) is 9.59 Å². The molecule has 0 aliphatic carbocycles. The van der Waals surface area contributed by atoms with Crippen molar-refractivity contribution in [1.29, 1.82) is 0 Å². The molecule has 6 rings (SSSR count). The van der Waals surface area contributed by atoms with Crippen molar-refractivity contribution in [3.8, 4) is 22.8 Å². The van der Waals surface area contributed by atoms with Gasteiger partial charge in [0.25, 0.3) is 11.1 Å². The van der Waals surface area contributed by atoms with E-state index in [0.717, 1.165) is 14.9 Å². The van der Waals surface area contributed by atoms with Gasteiger partial charge in [0, 0.05) is 33.3 Å². The molecule has 0 aliphatic rings. The minimum Gasteiger partial charge on any atom is -0.398 e. The van der Waals surface area contributed by atoms with E-state index < -0.39 is 8.07 Å². The average molecular weight is 850 g/mol. The van der Waals surface area contributed by atoms with Crippen LogP contribution < -0.4 is 22.6 Å². The molecule has 8 nitrogen and oxygen atoms in total. The number of nitrogen functional groups attached to an aromatic ring is 2. The second-order valence-electron chi connectivity index (χ2n) is 13.8. The summed E-state index contributed by atoms with van der Waals surface area (Å²) in [6.07, 6.45) is 0. The lowest BCUT2D eigenvalue weighted by Gasteiger charge is -2.17. The minimum absolute atomic E-state index is 0.0343. The van der Waals surface area contributed by atoms with Crippen molar-refractivity contribution in [2.24, 2.45) is 0 Å². The number of halogens is 3. The van der Waals surface area contributed by atoms with Gasteiger partial charge in [0.1, 0.15) is 19.7 Å². The van der Waals surface area contributed by atoms with E-state index >= 15 is 0 Å². The molecular formula is C39H39Cl2IN6O2Si. The monoisotopic (exact) mass is 848 g/mol. The van der Waals surface area contributed by atoms with E-state index in [1.54, 1.807) is 57.7 Å². The first-order chi connectivity index (χ1) is 24.0. The van der Waals surface area contributed by atoms with Gasteiger partial charge in [-0.15, -0.1) is 5.54 Å². The molecule has 4 N–H and O–H groups in total. The van der Waals surface area contributed by atoms with Crippen molar-refractivity contribution in [3.63, 3.8) is 0 Å². The van der Waals surface area contributed by atoms with Crippen molar-refractivity contribution < 1.29 is 0 Å². The lowest BCUT2D eigenvalue weighted by molar-refractivity contribution is 0.723. The lowest BCUT2D eigenvalue weighted by Crippen LogP contribution is -2.25. The van der Waals surface area contributed by atoms with Crippen LogP contribution in [0.15, 0.2) is 82.4 Å². The maximum atomic E-state index is 13.4. The molecule has 51 heavy (non-hydrogen) atoms. The third-order valence-corrected chi connectivity index (χ3v) is 10.4. The third kappa shape index (κ3) is 8.17. The summed E-state index contributed by atoms with van der Waals surface area (Å²) in [5, 5.41) is 2.31. The molecule has 12 heteroatoms. The van der Waals surface area contributed by atoms with Gasteiger partial charge in [-0.3, -0.25) is 18.7 Å². The van der Waals surface area contributed by atoms with E-state index in [-0.39, 0.29) is 23.0 Å². The lowest BCUT2D eigenvalue weighted by atomic mass is 10.1. The first kappa shape index (κ1) is 38.1. The number of rotatable bonds is 4. The molecule has 0 radical (unpaired) electrons. The number of aromatic nitrogens is 4. The first-order valence-corrected chi connectivity index (χ1v) is 21.7. The van der Waals surface area contributed by atoms with Crippen LogP contribution in [0.2, 0.25) is 29.7 Å². The maximum Gasteiger partial charge on any atom is 0.266 e. The van der Waals surface area contributed by atoms with Gasteiger partial charge in [-0.25, -0.2) is 9.97 Å². The topological polar surface area (TPSA) is 122 Å². The second-order valence-corrected chi connectivity index (χ2v) is 20.5. The van der Waals surface area contributed by atoms with E-state index in [1.807, 2.05) is 52.0 Å². The zero-order valence-electron chi connectivity index (χ0n) is 29.5. The van der Waals surface area contributed by atoms with E-state index in [2.05, 4.69) is 53.7 Å². The summed E-state index contributed by atoms with van der Waals surface area (Å²) in [7, 11) is -1.61. The molecule has 6 aromatic rings. The molecular weight excluding hydrogens is 810 g/mol. The minimum atomic E-state index is -1.61. The highest BCUT2D eigenvalue weighted by Crippen LogP contribution is 2.27. The van der Waals surface area contributed by atoms with Crippen molar-refractivity contribution in [3.05, 3.63) is 124 Å². The molecule has 2 aromatic heterocycles. The van der Waals surface area contributed by atoms with Gasteiger partial charge < -0.3 is 11.5 Å². The molecule has 0 bridgehead atoms. The van der Waals surface area contributed by atoms with Crippen molar-refractivity contribution in [1.82, 2.24) is 19.1 Å². The Hall–Kier alpha value is -4.15. The van der Waals surface area contributed by atoms with Crippen LogP contribution in [0.1, 0.15) is 56.7 Å². The smallest absolute Gasteiger partial charge is 0.266 e. The quantitative estimate of drug-likeness (QED) is 0.0790. The highest BCUT2D eigenvalue weighted by Gasteiger charge is 2.20. The number of nitrogens with zero attached hydrogens (tertiary/aromatic N) is 4. The SMILES string of the molecule is CC(C)c1nc2c(C#C[Si](C)(C)C)c(N)ccc2c(=O)n1-c1ccc(Cl)cc1.CC(C)c1nc2c(I)c(N)ccc2c(=O)n1-c1ccc(Cl)cc1. The largest absolute Gasteiger partial charge is 0.398 e. The molecule has 0 atom stereocenters. The van der Waals surface area contributed by atoms with Crippen LogP contribution >= 0.6 is 45.8 Å². The van der Waals surface area contributed by atoms with E-state index in [1.165, 1.54) is 0 Å². The number of hydrogen-bond donors (Lipinski definition) is 2. The zero-order chi connectivity index (χ0) is 37.4. The zero-order valence-corrected chi connectivity index (χ0v) is 34.1. The van der Waals surface area contributed by atoms with Crippen LogP contribution in [0.5, 0.6) is 0 Å².